The molecule has 1 aliphatic heterocycles. The van der Waals surface area contributed by atoms with Crippen LogP contribution in [0, 0.1) is 0 Å². The number of nitrogens with one attached hydrogen (secondary N) is 2. The maximum Gasteiger partial charge on any atom is 0.242 e. The Bertz CT molecular complexity index is 567. The van der Waals surface area contributed by atoms with Crippen molar-refractivity contribution in [3.05, 3.63) is 28.8 Å². The third kappa shape index (κ3) is 3.73. The summed E-state index contributed by atoms with van der Waals surface area (Å²) in [7, 11) is -3.56. The molecule has 0 saturated carbocycles. The van der Waals surface area contributed by atoms with Gasteiger partial charge in [0.05, 0.1) is 5.02 Å². The lowest BCUT2D eigenvalue weighted by molar-refractivity contribution is 0.551. The van der Waals surface area contributed by atoms with Crippen molar-refractivity contribution in [1.82, 2.24) is 10.0 Å². The first kappa shape index (κ1) is 15.8. The fourth-order valence-electron chi connectivity index (χ4n) is 2.30. The van der Waals surface area contributed by atoms with Gasteiger partial charge in [0.15, 0.2) is 0 Å². The molecule has 1 aromatic carbocycles. The van der Waals surface area contributed by atoms with Crippen LogP contribution in [0.4, 0.5) is 0 Å². The van der Waals surface area contributed by atoms with Gasteiger partial charge in [-0.2, -0.15) is 0 Å². The summed E-state index contributed by atoms with van der Waals surface area (Å²) in [5.41, 5.74) is 0.966. The predicted molar refractivity (Wildman–Crippen MR) is 81.8 cm³/mol. The highest BCUT2D eigenvalue weighted by atomic mass is 35.5. The van der Waals surface area contributed by atoms with Crippen molar-refractivity contribution in [2.24, 2.45) is 0 Å². The first-order valence-corrected chi connectivity index (χ1v) is 8.79. The first-order valence-electron chi connectivity index (χ1n) is 6.92. The molecule has 1 aromatic rings. The van der Waals surface area contributed by atoms with E-state index >= 15 is 0 Å². The molecular formula is C14H21ClN2O2S. The van der Waals surface area contributed by atoms with E-state index in [1.165, 1.54) is 0 Å². The van der Waals surface area contributed by atoms with E-state index in [-0.39, 0.29) is 21.9 Å². The number of rotatable bonds is 5. The molecule has 0 amide bonds. The maximum atomic E-state index is 12.4. The van der Waals surface area contributed by atoms with Gasteiger partial charge in [-0.25, -0.2) is 13.1 Å². The minimum Gasteiger partial charge on any atom is -0.313 e. The zero-order chi connectivity index (χ0) is 14.8. The fraction of sp³-hybridized carbons (Fsp3) is 0.571. The monoisotopic (exact) mass is 316 g/mol. The van der Waals surface area contributed by atoms with Gasteiger partial charge in [0.1, 0.15) is 4.90 Å². The van der Waals surface area contributed by atoms with Crippen LogP contribution >= 0.6 is 11.6 Å². The van der Waals surface area contributed by atoms with Crippen molar-refractivity contribution in [3.63, 3.8) is 0 Å². The Morgan fingerprint density at radius 2 is 2.20 bits per heavy atom. The predicted octanol–water partition coefficient (Wildman–Crippen LogP) is 2.49. The number of hydrogen-bond donors (Lipinski definition) is 2. The van der Waals surface area contributed by atoms with E-state index in [1.807, 2.05) is 19.9 Å². The highest BCUT2D eigenvalue weighted by Crippen LogP contribution is 2.26. The highest BCUT2D eigenvalue weighted by Gasteiger charge is 2.22. The van der Waals surface area contributed by atoms with Gasteiger partial charge >= 0.3 is 0 Å². The molecule has 1 fully saturated rings. The highest BCUT2D eigenvalue weighted by molar-refractivity contribution is 7.89. The summed E-state index contributed by atoms with van der Waals surface area (Å²) < 4.78 is 27.4. The summed E-state index contributed by atoms with van der Waals surface area (Å²) in [5, 5.41) is 3.53. The second-order valence-electron chi connectivity index (χ2n) is 5.49. The van der Waals surface area contributed by atoms with E-state index in [4.69, 9.17) is 11.6 Å². The average molecular weight is 317 g/mol. The number of halogens is 1. The van der Waals surface area contributed by atoms with Crippen molar-refractivity contribution in [1.29, 1.82) is 0 Å². The fourth-order valence-corrected chi connectivity index (χ4v) is 3.92. The van der Waals surface area contributed by atoms with Crippen LogP contribution in [0.5, 0.6) is 0 Å². The van der Waals surface area contributed by atoms with Crippen LogP contribution < -0.4 is 10.0 Å². The molecule has 6 heteroatoms. The van der Waals surface area contributed by atoms with Crippen LogP contribution in [0.1, 0.15) is 38.2 Å². The molecule has 2 N–H and O–H groups in total. The quantitative estimate of drug-likeness (QED) is 0.877. The second-order valence-corrected chi connectivity index (χ2v) is 7.63. The Kier molecular flexibility index (Phi) is 5.07. The Morgan fingerprint density at radius 1 is 1.45 bits per heavy atom. The van der Waals surface area contributed by atoms with Crippen LogP contribution in [-0.4, -0.2) is 27.5 Å². The summed E-state index contributed by atoms with van der Waals surface area (Å²) in [5.74, 6) is 0.262. The normalized spacial score (nSPS) is 19.7. The van der Waals surface area contributed by atoms with Crippen molar-refractivity contribution in [2.75, 3.05) is 13.1 Å². The number of sulfonamides is 1. The minimum absolute atomic E-state index is 0.170. The lowest BCUT2D eigenvalue weighted by Crippen LogP contribution is -2.37. The van der Waals surface area contributed by atoms with Gasteiger partial charge in [0.25, 0.3) is 0 Å². The zero-order valence-corrected chi connectivity index (χ0v) is 13.4. The van der Waals surface area contributed by atoms with Gasteiger partial charge in [-0.1, -0.05) is 31.5 Å². The molecule has 0 radical (unpaired) electrons. The van der Waals surface area contributed by atoms with Crippen molar-refractivity contribution >= 4 is 21.6 Å². The maximum absolute atomic E-state index is 12.4. The molecule has 112 valence electrons. The molecule has 1 unspecified atom stereocenters. The molecule has 1 saturated heterocycles. The van der Waals surface area contributed by atoms with Crippen molar-refractivity contribution in [3.8, 4) is 0 Å². The van der Waals surface area contributed by atoms with Gasteiger partial charge in [0, 0.05) is 12.6 Å². The average Bonchev–Trinajstić information content (AvgIpc) is 2.89. The van der Waals surface area contributed by atoms with E-state index in [1.54, 1.807) is 12.1 Å². The smallest absolute Gasteiger partial charge is 0.242 e. The molecule has 4 nitrogen and oxygen atoms in total. The van der Waals surface area contributed by atoms with E-state index < -0.39 is 10.0 Å². The lowest BCUT2D eigenvalue weighted by atomic mass is 10.0. The Labute approximate surface area is 126 Å². The van der Waals surface area contributed by atoms with E-state index in [9.17, 15) is 8.42 Å². The lowest BCUT2D eigenvalue weighted by Gasteiger charge is -2.14. The van der Waals surface area contributed by atoms with Crippen LogP contribution in [0.25, 0.3) is 0 Å². The summed E-state index contributed by atoms with van der Waals surface area (Å²) in [4.78, 5) is 0.170. The zero-order valence-electron chi connectivity index (χ0n) is 11.8. The van der Waals surface area contributed by atoms with Crippen LogP contribution in [0.2, 0.25) is 5.02 Å². The first-order chi connectivity index (χ1) is 9.40. The van der Waals surface area contributed by atoms with Crippen LogP contribution in [0.3, 0.4) is 0 Å². The second kappa shape index (κ2) is 6.43. The molecule has 2 rings (SSSR count). The van der Waals surface area contributed by atoms with Crippen LogP contribution in [-0.2, 0) is 10.0 Å². The van der Waals surface area contributed by atoms with Gasteiger partial charge in [0.2, 0.25) is 10.0 Å². The standard InChI is InChI=1S/C14H21ClN2O2S/c1-10(2)11-5-6-13(15)14(8-11)20(18,19)17-9-12-4-3-7-16-12/h5-6,8,10,12,16-17H,3-4,7,9H2,1-2H3. The molecule has 1 heterocycles. The molecule has 20 heavy (non-hydrogen) atoms. The van der Waals surface area contributed by atoms with Crippen molar-refractivity contribution < 1.29 is 8.42 Å². The summed E-state index contributed by atoms with van der Waals surface area (Å²) >= 11 is 6.05. The Balaban J connectivity index is 2.17. The number of benzene rings is 1. The molecule has 0 aliphatic carbocycles. The van der Waals surface area contributed by atoms with Gasteiger partial charge in [-0.05, 0) is 43.0 Å². The molecule has 1 atom stereocenters. The third-order valence-corrected chi connectivity index (χ3v) is 5.50. The van der Waals surface area contributed by atoms with Gasteiger partial charge in [-0.3, -0.25) is 0 Å². The van der Waals surface area contributed by atoms with Crippen molar-refractivity contribution in [2.45, 2.75) is 43.5 Å². The third-order valence-electron chi connectivity index (χ3n) is 3.59. The molecule has 1 aliphatic rings. The molecular weight excluding hydrogens is 296 g/mol. The molecule has 0 aromatic heterocycles. The molecule has 0 bridgehead atoms. The summed E-state index contributed by atoms with van der Waals surface area (Å²) in [6.07, 6.45) is 2.10. The topological polar surface area (TPSA) is 58.2 Å². The SMILES string of the molecule is CC(C)c1ccc(Cl)c(S(=O)(=O)NCC2CCCN2)c1. The van der Waals surface area contributed by atoms with E-state index in [0.29, 0.717) is 6.54 Å². The Morgan fingerprint density at radius 3 is 2.80 bits per heavy atom. The van der Waals surface area contributed by atoms with Gasteiger partial charge in [-0.15, -0.1) is 0 Å². The Hall–Kier alpha value is -0.620. The summed E-state index contributed by atoms with van der Waals surface area (Å²) in [6, 6.07) is 5.40. The van der Waals surface area contributed by atoms with Crippen LogP contribution in [0.15, 0.2) is 23.1 Å². The largest absolute Gasteiger partial charge is 0.313 e. The summed E-state index contributed by atoms with van der Waals surface area (Å²) in [6.45, 7) is 5.41. The minimum atomic E-state index is -3.56. The van der Waals surface area contributed by atoms with E-state index in [2.05, 4.69) is 10.0 Å². The van der Waals surface area contributed by atoms with Gasteiger partial charge < -0.3 is 5.32 Å². The molecule has 0 spiro atoms. The number of hydrogen-bond acceptors (Lipinski definition) is 3. The van der Waals surface area contributed by atoms with E-state index in [0.717, 1.165) is 24.9 Å².